The summed E-state index contributed by atoms with van der Waals surface area (Å²) in [6.07, 6.45) is -6.31. The Morgan fingerprint density at radius 2 is 1.95 bits per heavy atom. The third kappa shape index (κ3) is 3.16. The number of alkyl halides is 2. The fraction of sp³-hybridized carbons (Fsp3) is 0.462. The average Bonchev–Trinajstić information content (AvgIpc) is 2.43. The van der Waals surface area contributed by atoms with Gasteiger partial charge in [-0.3, -0.25) is 4.79 Å². The Bertz CT molecular complexity index is 483. The predicted octanol–water partition coefficient (Wildman–Crippen LogP) is 0.957. The first-order valence-electron chi connectivity index (χ1n) is 6.15. The highest BCUT2D eigenvalue weighted by Crippen LogP contribution is 2.33. The van der Waals surface area contributed by atoms with Crippen molar-refractivity contribution in [3.8, 4) is 11.5 Å². The Balaban J connectivity index is 1.97. The smallest absolute Gasteiger partial charge is 0.265 e. The zero-order valence-corrected chi connectivity index (χ0v) is 10.8. The number of fused-ring (bicyclic) bond motifs is 1. The number of hydrogen-bond donors (Lipinski definition) is 2. The number of ether oxygens (including phenoxy) is 2. The van der Waals surface area contributed by atoms with E-state index >= 15 is 0 Å². The van der Waals surface area contributed by atoms with Gasteiger partial charge in [0.05, 0.1) is 0 Å². The summed E-state index contributed by atoms with van der Waals surface area (Å²) in [6, 6.07) is 6.86. The van der Waals surface area contributed by atoms with Gasteiger partial charge < -0.3 is 19.9 Å². The highest BCUT2D eigenvalue weighted by molar-refractivity contribution is 5.82. The zero-order chi connectivity index (χ0) is 14.7. The van der Waals surface area contributed by atoms with Crippen molar-refractivity contribution >= 4 is 5.91 Å². The first-order valence-corrected chi connectivity index (χ1v) is 6.15. The second kappa shape index (κ2) is 6.04. The van der Waals surface area contributed by atoms with Gasteiger partial charge in [-0.2, -0.15) is 0 Å². The highest BCUT2D eigenvalue weighted by Gasteiger charge is 2.34. The number of para-hydroxylation sites is 2. The van der Waals surface area contributed by atoms with E-state index in [2.05, 4.69) is 5.32 Å². The molecule has 2 rings (SSSR count). The van der Waals surface area contributed by atoms with Gasteiger partial charge in [-0.1, -0.05) is 12.1 Å². The van der Waals surface area contributed by atoms with Gasteiger partial charge >= 0.3 is 0 Å². The van der Waals surface area contributed by atoms with Crippen molar-refractivity contribution in [1.82, 2.24) is 5.32 Å². The summed E-state index contributed by atoms with van der Waals surface area (Å²) in [5.41, 5.74) is 0. The van der Waals surface area contributed by atoms with Crippen LogP contribution in [-0.2, 0) is 4.79 Å². The predicted molar refractivity (Wildman–Crippen MR) is 66.0 cm³/mol. The Hall–Kier alpha value is -1.89. The van der Waals surface area contributed by atoms with Crippen molar-refractivity contribution in [3.63, 3.8) is 0 Å². The summed E-state index contributed by atoms with van der Waals surface area (Å²) in [7, 11) is 0. The summed E-state index contributed by atoms with van der Waals surface area (Å²) in [4.78, 5) is 11.9. The van der Waals surface area contributed by atoms with E-state index in [1.807, 2.05) is 0 Å². The van der Waals surface area contributed by atoms with E-state index in [0.29, 0.717) is 11.5 Å². The topological polar surface area (TPSA) is 67.8 Å². The van der Waals surface area contributed by atoms with Crippen LogP contribution in [0.2, 0.25) is 0 Å². The molecule has 1 aliphatic rings. The molecule has 0 fully saturated rings. The van der Waals surface area contributed by atoms with E-state index in [1.54, 1.807) is 31.2 Å². The van der Waals surface area contributed by atoms with Crippen LogP contribution in [0.3, 0.4) is 0 Å². The minimum atomic E-state index is -2.91. The molecule has 1 aliphatic heterocycles. The number of halogens is 2. The molecular weight excluding hydrogens is 272 g/mol. The first kappa shape index (κ1) is 14.5. The van der Waals surface area contributed by atoms with Crippen LogP contribution in [0.5, 0.6) is 11.5 Å². The summed E-state index contributed by atoms with van der Waals surface area (Å²) in [6.45, 7) is 1.11. The van der Waals surface area contributed by atoms with Gasteiger partial charge in [0.2, 0.25) is 6.10 Å². The standard InChI is InChI=1S/C13H15F2NO4/c1-7-11(13(18)16-6-8(17)12(14)15)20-10-5-3-2-4-9(10)19-7/h2-5,7-8,11-12,17H,6H2,1H3,(H,16,18). The normalized spacial score (nSPS) is 22.4. The minimum Gasteiger partial charge on any atom is -0.482 e. The maximum Gasteiger partial charge on any atom is 0.265 e. The second-order valence-electron chi connectivity index (χ2n) is 4.46. The molecule has 0 saturated heterocycles. The third-order valence-electron chi connectivity index (χ3n) is 2.88. The number of benzene rings is 1. The van der Waals surface area contributed by atoms with E-state index < -0.39 is 37.2 Å². The molecule has 7 heteroatoms. The fourth-order valence-corrected chi connectivity index (χ4v) is 1.80. The molecule has 110 valence electrons. The lowest BCUT2D eigenvalue weighted by Crippen LogP contribution is -2.50. The van der Waals surface area contributed by atoms with Crippen LogP contribution >= 0.6 is 0 Å². The van der Waals surface area contributed by atoms with Gasteiger partial charge in [0.25, 0.3) is 12.3 Å². The molecule has 1 amide bonds. The summed E-state index contributed by atoms with van der Waals surface area (Å²) < 4.78 is 35.3. The van der Waals surface area contributed by atoms with Crippen LogP contribution in [-0.4, -0.2) is 42.3 Å². The molecule has 2 N–H and O–H groups in total. The van der Waals surface area contributed by atoms with Crippen molar-refractivity contribution in [2.45, 2.75) is 31.7 Å². The van der Waals surface area contributed by atoms with Crippen molar-refractivity contribution < 1.29 is 28.2 Å². The van der Waals surface area contributed by atoms with Gasteiger partial charge in [-0.05, 0) is 19.1 Å². The molecular formula is C13H15F2NO4. The molecule has 0 bridgehead atoms. The van der Waals surface area contributed by atoms with Crippen molar-refractivity contribution in [1.29, 1.82) is 0 Å². The summed E-state index contributed by atoms with van der Waals surface area (Å²) in [5.74, 6) is 0.337. The Morgan fingerprint density at radius 3 is 2.55 bits per heavy atom. The lowest BCUT2D eigenvalue weighted by atomic mass is 10.1. The number of aliphatic hydroxyl groups excluding tert-OH is 1. The number of rotatable bonds is 4. The van der Waals surface area contributed by atoms with Gasteiger partial charge in [-0.15, -0.1) is 0 Å². The van der Waals surface area contributed by atoms with Crippen molar-refractivity contribution in [2.75, 3.05) is 6.54 Å². The number of hydrogen-bond acceptors (Lipinski definition) is 4. The molecule has 3 unspecified atom stereocenters. The quantitative estimate of drug-likeness (QED) is 0.865. The van der Waals surface area contributed by atoms with Crippen LogP contribution in [0.4, 0.5) is 8.78 Å². The molecule has 5 nitrogen and oxygen atoms in total. The maximum absolute atomic E-state index is 12.1. The lowest BCUT2D eigenvalue weighted by Gasteiger charge is -2.31. The van der Waals surface area contributed by atoms with E-state index in [4.69, 9.17) is 14.6 Å². The van der Waals surface area contributed by atoms with Gasteiger partial charge in [-0.25, -0.2) is 8.78 Å². The number of carbonyl (C=O) groups excluding carboxylic acids is 1. The fourth-order valence-electron chi connectivity index (χ4n) is 1.80. The highest BCUT2D eigenvalue weighted by atomic mass is 19.3. The molecule has 0 saturated carbocycles. The van der Waals surface area contributed by atoms with E-state index in [9.17, 15) is 13.6 Å². The molecule has 0 aromatic heterocycles. The molecule has 1 aromatic carbocycles. The first-order chi connectivity index (χ1) is 9.49. The van der Waals surface area contributed by atoms with Crippen LogP contribution in [0.1, 0.15) is 6.92 Å². The molecule has 1 aromatic rings. The summed E-state index contributed by atoms with van der Waals surface area (Å²) >= 11 is 0. The van der Waals surface area contributed by atoms with Crippen LogP contribution in [0.25, 0.3) is 0 Å². The zero-order valence-electron chi connectivity index (χ0n) is 10.8. The number of aliphatic hydroxyl groups is 1. The number of amides is 1. The van der Waals surface area contributed by atoms with E-state index in [0.717, 1.165) is 0 Å². The van der Waals surface area contributed by atoms with Gasteiger partial charge in [0, 0.05) is 6.54 Å². The largest absolute Gasteiger partial charge is 0.482 e. The molecule has 0 spiro atoms. The number of nitrogens with one attached hydrogen (secondary N) is 1. The van der Waals surface area contributed by atoms with E-state index in [-0.39, 0.29) is 0 Å². The molecule has 3 atom stereocenters. The number of carbonyl (C=O) groups is 1. The van der Waals surface area contributed by atoms with Crippen molar-refractivity contribution in [2.24, 2.45) is 0 Å². The molecule has 0 radical (unpaired) electrons. The SMILES string of the molecule is CC1Oc2ccccc2OC1C(=O)NCC(O)C(F)F. The molecule has 0 aliphatic carbocycles. The Kier molecular flexibility index (Phi) is 4.39. The second-order valence-corrected chi connectivity index (χ2v) is 4.46. The van der Waals surface area contributed by atoms with Crippen LogP contribution in [0, 0.1) is 0 Å². The van der Waals surface area contributed by atoms with Crippen LogP contribution < -0.4 is 14.8 Å². The Morgan fingerprint density at radius 1 is 1.35 bits per heavy atom. The maximum atomic E-state index is 12.1. The summed E-state index contributed by atoms with van der Waals surface area (Å²) in [5, 5.41) is 11.2. The lowest BCUT2D eigenvalue weighted by molar-refractivity contribution is -0.134. The molecule has 1 heterocycles. The monoisotopic (exact) mass is 287 g/mol. The minimum absolute atomic E-state index is 0.417. The van der Waals surface area contributed by atoms with Crippen LogP contribution in [0.15, 0.2) is 24.3 Å². The van der Waals surface area contributed by atoms with Gasteiger partial charge in [0.1, 0.15) is 12.2 Å². The average molecular weight is 287 g/mol. The van der Waals surface area contributed by atoms with E-state index in [1.165, 1.54) is 0 Å². The molecule has 20 heavy (non-hydrogen) atoms. The Labute approximate surface area is 114 Å². The third-order valence-corrected chi connectivity index (χ3v) is 2.88. The van der Waals surface area contributed by atoms with Crippen molar-refractivity contribution in [3.05, 3.63) is 24.3 Å². The van der Waals surface area contributed by atoms with Gasteiger partial charge in [0.15, 0.2) is 11.5 Å².